The van der Waals surface area contributed by atoms with Gasteiger partial charge in [-0.25, -0.2) is 15.0 Å². The fraction of sp³-hybridized carbons (Fsp3) is 0.333. The van der Waals surface area contributed by atoms with Gasteiger partial charge in [0.05, 0.1) is 36.5 Å². The Balaban J connectivity index is 1.16. The number of aromatic nitrogens is 6. The highest BCUT2D eigenvalue weighted by molar-refractivity contribution is 6.11. The molecule has 3 aromatic heterocycles. The molecule has 6 N–H and O–H groups in total. The van der Waals surface area contributed by atoms with Crippen molar-refractivity contribution in [3.8, 4) is 11.3 Å². The number of nitrogens with one attached hydrogen (secondary N) is 6. The smallest absolute Gasteiger partial charge is 0.213 e. The second-order valence-electron chi connectivity index (χ2n) is 8.82. The van der Waals surface area contributed by atoms with Crippen molar-refractivity contribution in [1.82, 2.24) is 40.5 Å². The molecule has 174 valence electrons. The summed E-state index contributed by atoms with van der Waals surface area (Å²) in [6.07, 6.45) is 9.56. The molecule has 4 aromatic rings. The van der Waals surface area contributed by atoms with Crippen molar-refractivity contribution in [3.05, 3.63) is 65.9 Å². The van der Waals surface area contributed by atoms with Crippen LogP contribution in [0.1, 0.15) is 65.5 Å². The van der Waals surface area contributed by atoms with Crippen molar-refractivity contribution >= 4 is 17.4 Å². The maximum absolute atomic E-state index is 13.2. The summed E-state index contributed by atoms with van der Waals surface area (Å²) in [4.78, 5) is 36.1. The van der Waals surface area contributed by atoms with Crippen LogP contribution in [-0.2, 0) is 0 Å². The molecular weight excluding hydrogens is 430 g/mol. The average Bonchev–Trinajstić information content (AvgIpc) is 3.69. The molecule has 0 radical (unpaired) electrons. The van der Waals surface area contributed by atoms with E-state index in [1.807, 2.05) is 30.5 Å². The van der Waals surface area contributed by atoms with E-state index >= 15 is 0 Å². The molecule has 34 heavy (non-hydrogen) atoms. The van der Waals surface area contributed by atoms with Crippen molar-refractivity contribution in [2.24, 2.45) is 0 Å². The summed E-state index contributed by atoms with van der Waals surface area (Å²) in [6, 6.07) is 8.07. The molecule has 0 bridgehead atoms. The summed E-state index contributed by atoms with van der Waals surface area (Å²) in [6.45, 7) is 2.03. The third-order valence-electron chi connectivity index (χ3n) is 6.55. The quantitative estimate of drug-likeness (QED) is 0.234. The number of carbonyl (C=O) groups is 1. The Morgan fingerprint density at radius 1 is 0.882 bits per heavy atom. The lowest BCUT2D eigenvalue weighted by Crippen LogP contribution is -2.14. The highest BCUT2D eigenvalue weighted by Gasteiger charge is 2.22. The maximum Gasteiger partial charge on any atom is 0.213 e. The molecule has 2 atom stereocenters. The summed E-state index contributed by atoms with van der Waals surface area (Å²) in [5.41, 5.74) is 2.91. The molecule has 10 heteroatoms. The number of ketones is 1. The molecule has 6 rings (SSSR count). The Morgan fingerprint density at radius 2 is 1.59 bits per heavy atom. The molecule has 10 nitrogen and oxygen atoms in total. The highest BCUT2D eigenvalue weighted by atomic mass is 16.1. The standard InChI is InChI=1S/C24H27N9O/c34-21(15-7-5-14(6-8-15)18-11-27-22(31-18)16-3-1-9-25-16)20-24(30-13-29-20)33-19-12-28-23(32-19)17-4-2-10-26-17/h5-8,11-13,16-17,25-26,33H,1-4,9-10H2,(H,27,31)(H,28,32)(H,29,30). The predicted octanol–water partition coefficient (Wildman–Crippen LogP) is 3.35. The number of anilines is 2. The number of nitrogens with zero attached hydrogens (tertiary/aromatic N) is 3. The van der Waals surface area contributed by atoms with Gasteiger partial charge in [0, 0.05) is 5.56 Å². The molecule has 2 aliphatic heterocycles. The van der Waals surface area contributed by atoms with Crippen LogP contribution in [0.4, 0.5) is 11.6 Å². The maximum atomic E-state index is 13.2. The van der Waals surface area contributed by atoms with Crippen LogP contribution in [0.15, 0.2) is 43.0 Å². The van der Waals surface area contributed by atoms with Crippen LogP contribution in [-0.4, -0.2) is 48.8 Å². The number of aromatic amines is 3. The number of benzene rings is 1. The van der Waals surface area contributed by atoms with Gasteiger partial charge in [-0.3, -0.25) is 4.79 Å². The molecule has 2 saturated heterocycles. The summed E-state index contributed by atoms with van der Waals surface area (Å²) in [5.74, 6) is 2.89. The van der Waals surface area contributed by atoms with Crippen molar-refractivity contribution in [1.29, 1.82) is 0 Å². The summed E-state index contributed by atoms with van der Waals surface area (Å²) in [5, 5.41) is 10.1. The first-order valence-electron chi connectivity index (χ1n) is 11.8. The number of imidazole rings is 3. The Kier molecular flexibility index (Phi) is 5.44. The van der Waals surface area contributed by atoms with Gasteiger partial charge in [0.25, 0.3) is 0 Å². The van der Waals surface area contributed by atoms with Gasteiger partial charge >= 0.3 is 0 Å². The minimum Gasteiger partial charge on any atom is -0.341 e. The van der Waals surface area contributed by atoms with E-state index in [0.29, 0.717) is 28.9 Å². The monoisotopic (exact) mass is 457 g/mol. The number of carbonyl (C=O) groups excluding carboxylic acids is 1. The third-order valence-corrected chi connectivity index (χ3v) is 6.55. The Morgan fingerprint density at radius 3 is 2.29 bits per heavy atom. The fourth-order valence-corrected chi connectivity index (χ4v) is 4.71. The van der Waals surface area contributed by atoms with Crippen LogP contribution in [0, 0.1) is 0 Å². The van der Waals surface area contributed by atoms with Crippen molar-refractivity contribution in [2.45, 2.75) is 37.8 Å². The summed E-state index contributed by atoms with van der Waals surface area (Å²) < 4.78 is 0. The molecule has 5 heterocycles. The molecule has 2 unspecified atom stereocenters. The lowest BCUT2D eigenvalue weighted by Gasteiger charge is -2.07. The van der Waals surface area contributed by atoms with Crippen LogP contribution in [0.25, 0.3) is 11.3 Å². The van der Waals surface area contributed by atoms with E-state index < -0.39 is 0 Å². The average molecular weight is 458 g/mol. The highest BCUT2D eigenvalue weighted by Crippen LogP contribution is 2.26. The van der Waals surface area contributed by atoms with E-state index in [9.17, 15) is 4.79 Å². The molecular formula is C24H27N9O. The van der Waals surface area contributed by atoms with Gasteiger partial charge in [-0.2, -0.15) is 0 Å². The van der Waals surface area contributed by atoms with Gasteiger partial charge in [0.1, 0.15) is 23.2 Å². The number of rotatable bonds is 7. The minimum atomic E-state index is -0.135. The van der Waals surface area contributed by atoms with Gasteiger partial charge in [0.2, 0.25) is 5.78 Å². The van der Waals surface area contributed by atoms with E-state index in [4.69, 9.17) is 0 Å². The van der Waals surface area contributed by atoms with Crippen molar-refractivity contribution in [3.63, 3.8) is 0 Å². The van der Waals surface area contributed by atoms with Crippen LogP contribution < -0.4 is 16.0 Å². The largest absolute Gasteiger partial charge is 0.341 e. The predicted molar refractivity (Wildman–Crippen MR) is 128 cm³/mol. The van der Waals surface area contributed by atoms with Crippen LogP contribution in [0.2, 0.25) is 0 Å². The first-order valence-corrected chi connectivity index (χ1v) is 11.8. The van der Waals surface area contributed by atoms with Crippen LogP contribution in [0.3, 0.4) is 0 Å². The van der Waals surface area contributed by atoms with Crippen molar-refractivity contribution in [2.75, 3.05) is 18.4 Å². The molecule has 2 fully saturated rings. The SMILES string of the molecule is O=C(c1ccc(-c2cnc(C3CCCN3)[nH]2)cc1)c1[nH]cnc1Nc1cnc(C2CCCN2)[nH]1. The van der Waals surface area contributed by atoms with Gasteiger partial charge in [-0.05, 0) is 44.3 Å². The first kappa shape index (κ1) is 20.8. The number of hydrogen-bond acceptors (Lipinski definition) is 7. The van der Waals surface area contributed by atoms with E-state index in [2.05, 4.69) is 45.9 Å². The molecule has 0 amide bonds. The zero-order valence-electron chi connectivity index (χ0n) is 18.7. The topological polar surface area (TPSA) is 139 Å². The number of H-pyrrole nitrogens is 3. The second-order valence-corrected chi connectivity index (χ2v) is 8.82. The lowest BCUT2D eigenvalue weighted by molar-refractivity contribution is 0.103. The first-order chi connectivity index (χ1) is 16.7. The van der Waals surface area contributed by atoms with E-state index in [1.54, 1.807) is 6.20 Å². The molecule has 0 spiro atoms. The van der Waals surface area contributed by atoms with E-state index in [0.717, 1.165) is 55.3 Å². The second kappa shape index (κ2) is 8.88. The molecule has 0 aliphatic carbocycles. The van der Waals surface area contributed by atoms with Crippen LogP contribution >= 0.6 is 0 Å². The van der Waals surface area contributed by atoms with E-state index in [-0.39, 0.29) is 11.8 Å². The number of hydrogen-bond donors (Lipinski definition) is 6. The van der Waals surface area contributed by atoms with Gasteiger partial charge < -0.3 is 30.9 Å². The summed E-state index contributed by atoms with van der Waals surface area (Å²) in [7, 11) is 0. The van der Waals surface area contributed by atoms with Crippen LogP contribution in [0.5, 0.6) is 0 Å². The fourth-order valence-electron chi connectivity index (χ4n) is 4.71. The Hall–Kier alpha value is -3.76. The van der Waals surface area contributed by atoms with E-state index in [1.165, 1.54) is 12.7 Å². The van der Waals surface area contributed by atoms with Gasteiger partial charge in [0.15, 0.2) is 5.82 Å². The zero-order valence-corrected chi connectivity index (χ0v) is 18.7. The van der Waals surface area contributed by atoms with Crippen molar-refractivity contribution < 1.29 is 4.79 Å². The zero-order chi connectivity index (χ0) is 22.9. The normalized spacial score (nSPS) is 20.1. The van der Waals surface area contributed by atoms with Gasteiger partial charge in [-0.1, -0.05) is 24.3 Å². The van der Waals surface area contributed by atoms with Gasteiger partial charge in [-0.15, -0.1) is 0 Å². The Labute approximate surface area is 196 Å². The lowest BCUT2D eigenvalue weighted by atomic mass is 10.0. The Bertz CT molecular complexity index is 1270. The molecule has 0 saturated carbocycles. The molecule has 1 aromatic carbocycles. The summed E-state index contributed by atoms with van der Waals surface area (Å²) >= 11 is 0. The minimum absolute atomic E-state index is 0.135. The third kappa shape index (κ3) is 4.02. The molecule has 2 aliphatic rings.